The summed E-state index contributed by atoms with van der Waals surface area (Å²) in [7, 11) is 0. The zero-order valence-electron chi connectivity index (χ0n) is 15.1. The topological polar surface area (TPSA) is 125 Å². The molecule has 0 aliphatic carbocycles. The molecule has 0 amide bonds. The number of para-hydroxylation sites is 2. The first-order chi connectivity index (χ1) is 14.0. The van der Waals surface area contributed by atoms with E-state index in [9.17, 15) is 25.3 Å². The van der Waals surface area contributed by atoms with Gasteiger partial charge in [0.2, 0.25) is 0 Å². The molecule has 0 fully saturated rings. The fourth-order valence-corrected chi connectivity index (χ4v) is 2.65. The molecule has 0 aromatic heterocycles. The van der Waals surface area contributed by atoms with Crippen molar-refractivity contribution in [3.63, 3.8) is 0 Å². The van der Waals surface area contributed by atoms with Crippen molar-refractivity contribution >= 4 is 11.4 Å². The number of hydrogen-bond acceptors (Lipinski definition) is 7. The number of nitrogens with zero attached hydrogens (tertiary/aromatic N) is 2. The van der Waals surface area contributed by atoms with E-state index in [0.717, 1.165) is 0 Å². The zero-order chi connectivity index (χ0) is 20.8. The van der Waals surface area contributed by atoms with Crippen LogP contribution in [0.4, 0.5) is 11.4 Å². The number of hydrogen-bond donors (Lipinski definition) is 1. The Kier molecular flexibility index (Phi) is 5.88. The lowest BCUT2D eigenvalue weighted by Gasteiger charge is -2.11. The minimum atomic E-state index is -0.502. The first-order valence-electron chi connectivity index (χ1n) is 8.49. The fourth-order valence-electron chi connectivity index (χ4n) is 2.65. The van der Waals surface area contributed by atoms with E-state index < -0.39 is 9.85 Å². The van der Waals surface area contributed by atoms with Crippen LogP contribution in [-0.4, -0.2) is 15.0 Å². The molecule has 0 unspecified atom stereocenters. The second-order valence-electron chi connectivity index (χ2n) is 5.98. The van der Waals surface area contributed by atoms with Crippen molar-refractivity contribution in [1.29, 1.82) is 0 Å². The van der Waals surface area contributed by atoms with Crippen LogP contribution in [0.1, 0.15) is 11.1 Å². The van der Waals surface area contributed by atoms with E-state index in [2.05, 4.69) is 0 Å². The summed E-state index contributed by atoms with van der Waals surface area (Å²) < 4.78 is 11.0. The van der Waals surface area contributed by atoms with Gasteiger partial charge in [-0.15, -0.1) is 0 Å². The van der Waals surface area contributed by atoms with Crippen LogP contribution in [-0.2, 0) is 13.2 Å². The predicted octanol–water partition coefficient (Wildman–Crippen LogP) is 4.37. The third-order valence-corrected chi connectivity index (χ3v) is 4.08. The van der Waals surface area contributed by atoms with Crippen LogP contribution in [0.5, 0.6) is 17.2 Å². The highest BCUT2D eigenvalue weighted by atomic mass is 16.6. The molecule has 148 valence electrons. The lowest BCUT2D eigenvalue weighted by molar-refractivity contribution is -0.386. The highest BCUT2D eigenvalue weighted by Gasteiger charge is 2.15. The molecule has 3 rings (SSSR count). The fraction of sp³-hybridized carbons (Fsp3) is 0.100. The number of aromatic hydroxyl groups is 1. The largest absolute Gasteiger partial charge is 0.504 e. The van der Waals surface area contributed by atoms with Crippen molar-refractivity contribution in [3.05, 3.63) is 98.1 Å². The smallest absolute Gasteiger partial charge is 0.276 e. The van der Waals surface area contributed by atoms with E-state index in [1.165, 1.54) is 30.3 Å². The quantitative estimate of drug-likeness (QED) is 0.443. The van der Waals surface area contributed by atoms with E-state index >= 15 is 0 Å². The van der Waals surface area contributed by atoms with Crippen molar-refractivity contribution in [3.8, 4) is 17.2 Å². The van der Waals surface area contributed by atoms with Gasteiger partial charge in [0, 0.05) is 18.2 Å². The molecule has 29 heavy (non-hydrogen) atoms. The van der Waals surface area contributed by atoms with Gasteiger partial charge in [0.15, 0.2) is 11.5 Å². The molecule has 0 radical (unpaired) electrons. The SMILES string of the molecule is O=[N+]([O-])c1ccccc1COc1ccc(OCc2ccccc2[N+](=O)[O-])c(O)c1. The number of benzene rings is 3. The van der Waals surface area contributed by atoms with Crippen molar-refractivity contribution in [1.82, 2.24) is 0 Å². The van der Waals surface area contributed by atoms with Crippen molar-refractivity contribution < 1.29 is 24.4 Å². The summed E-state index contributed by atoms with van der Waals surface area (Å²) in [5, 5.41) is 32.2. The van der Waals surface area contributed by atoms with Crippen molar-refractivity contribution in [2.24, 2.45) is 0 Å². The second kappa shape index (κ2) is 8.70. The van der Waals surface area contributed by atoms with Gasteiger partial charge in [-0.2, -0.15) is 0 Å². The van der Waals surface area contributed by atoms with E-state index in [4.69, 9.17) is 9.47 Å². The van der Waals surface area contributed by atoms with Crippen LogP contribution in [0, 0.1) is 20.2 Å². The molecular formula is C20H16N2O7. The Hall–Kier alpha value is -4.14. The van der Waals surface area contributed by atoms with Crippen molar-refractivity contribution in [2.45, 2.75) is 13.2 Å². The Morgan fingerprint density at radius 3 is 1.79 bits per heavy atom. The molecule has 0 heterocycles. The van der Waals surface area contributed by atoms with Gasteiger partial charge < -0.3 is 14.6 Å². The molecule has 0 spiro atoms. The molecule has 3 aromatic rings. The Morgan fingerprint density at radius 1 is 0.759 bits per heavy atom. The second-order valence-corrected chi connectivity index (χ2v) is 5.98. The number of phenols is 1. The molecule has 9 heteroatoms. The summed E-state index contributed by atoms with van der Waals surface area (Å²) in [5.41, 5.74) is 0.639. The molecule has 0 aliphatic heterocycles. The van der Waals surface area contributed by atoms with E-state index in [-0.39, 0.29) is 36.1 Å². The van der Waals surface area contributed by atoms with Gasteiger partial charge in [-0.1, -0.05) is 24.3 Å². The first-order valence-corrected chi connectivity index (χ1v) is 8.49. The molecule has 0 saturated heterocycles. The molecule has 1 N–H and O–H groups in total. The normalized spacial score (nSPS) is 10.3. The number of ether oxygens (including phenoxy) is 2. The first kappa shape index (κ1) is 19.6. The summed E-state index contributed by atoms with van der Waals surface area (Å²) in [4.78, 5) is 21.1. The van der Waals surface area contributed by atoms with Gasteiger partial charge in [-0.3, -0.25) is 20.2 Å². The summed E-state index contributed by atoms with van der Waals surface area (Å²) in [6.45, 7) is -0.145. The Labute approximate surface area is 165 Å². The lowest BCUT2D eigenvalue weighted by Crippen LogP contribution is -2.01. The van der Waals surface area contributed by atoms with Crippen LogP contribution in [0.15, 0.2) is 66.7 Å². The Balaban J connectivity index is 1.67. The van der Waals surface area contributed by atoms with Gasteiger partial charge in [-0.25, -0.2) is 0 Å². The van der Waals surface area contributed by atoms with Gasteiger partial charge in [0.05, 0.1) is 21.0 Å². The number of nitro benzene ring substituents is 2. The van der Waals surface area contributed by atoms with Gasteiger partial charge in [0.1, 0.15) is 19.0 Å². The van der Waals surface area contributed by atoms with Gasteiger partial charge in [-0.05, 0) is 24.3 Å². The van der Waals surface area contributed by atoms with Crippen LogP contribution in [0.2, 0.25) is 0 Å². The summed E-state index contributed by atoms with van der Waals surface area (Å²) in [6, 6.07) is 16.7. The average Bonchev–Trinajstić information content (AvgIpc) is 2.71. The Bertz CT molecular complexity index is 1050. The van der Waals surface area contributed by atoms with E-state index in [1.54, 1.807) is 36.4 Å². The summed E-state index contributed by atoms with van der Waals surface area (Å²) in [6.07, 6.45) is 0. The van der Waals surface area contributed by atoms with Gasteiger partial charge >= 0.3 is 0 Å². The highest BCUT2D eigenvalue weighted by molar-refractivity contribution is 5.46. The minimum absolute atomic E-state index is 0.0486. The van der Waals surface area contributed by atoms with Crippen LogP contribution < -0.4 is 9.47 Å². The molecular weight excluding hydrogens is 380 g/mol. The summed E-state index contributed by atoms with van der Waals surface area (Å²) >= 11 is 0. The maximum atomic E-state index is 11.0. The van der Waals surface area contributed by atoms with E-state index in [0.29, 0.717) is 16.9 Å². The maximum absolute atomic E-state index is 11.0. The number of rotatable bonds is 8. The van der Waals surface area contributed by atoms with Crippen LogP contribution in [0.3, 0.4) is 0 Å². The average molecular weight is 396 g/mol. The van der Waals surface area contributed by atoms with E-state index in [1.807, 2.05) is 0 Å². The van der Waals surface area contributed by atoms with Crippen molar-refractivity contribution in [2.75, 3.05) is 0 Å². The van der Waals surface area contributed by atoms with Crippen LogP contribution in [0.25, 0.3) is 0 Å². The third kappa shape index (κ3) is 4.78. The standard InChI is InChI=1S/C20H16N2O7/c23-19-11-16(28-12-14-5-1-3-7-17(14)21(24)25)9-10-20(19)29-13-15-6-2-4-8-18(15)22(26)27/h1-11,23H,12-13H2. The molecule has 0 atom stereocenters. The number of phenolic OH excluding ortho intramolecular Hbond substituents is 1. The lowest BCUT2D eigenvalue weighted by atomic mass is 10.2. The molecule has 0 saturated carbocycles. The molecule has 0 bridgehead atoms. The third-order valence-electron chi connectivity index (χ3n) is 4.08. The predicted molar refractivity (Wildman–Crippen MR) is 103 cm³/mol. The van der Waals surface area contributed by atoms with Gasteiger partial charge in [0.25, 0.3) is 11.4 Å². The Morgan fingerprint density at radius 2 is 1.28 bits per heavy atom. The maximum Gasteiger partial charge on any atom is 0.276 e. The monoisotopic (exact) mass is 396 g/mol. The zero-order valence-corrected chi connectivity index (χ0v) is 15.1. The number of nitro groups is 2. The molecule has 3 aromatic carbocycles. The molecule has 9 nitrogen and oxygen atoms in total. The van der Waals surface area contributed by atoms with Crippen LogP contribution >= 0.6 is 0 Å². The summed E-state index contributed by atoms with van der Waals surface area (Å²) in [5.74, 6) is 0.198. The highest BCUT2D eigenvalue weighted by Crippen LogP contribution is 2.32. The minimum Gasteiger partial charge on any atom is -0.504 e. The molecule has 0 aliphatic rings.